The third-order valence-electron chi connectivity index (χ3n) is 1.88. The van der Waals surface area contributed by atoms with E-state index in [1.54, 1.807) is 7.05 Å². The van der Waals surface area contributed by atoms with Gasteiger partial charge in [-0.25, -0.2) is 13.1 Å². The molecule has 0 aromatic rings. The van der Waals surface area contributed by atoms with E-state index in [1.165, 1.54) is 0 Å². The lowest BCUT2D eigenvalue weighted by Gasteiger charge is -2.12. The highest BCUT2D eigenvalue weighted by atomic mass is 32.2. The van der Waals surface area contributed by atoms with Crippen LogP contribution in [0.1, 0.15) is 20.3 Å². The van der Waals surface area contributed by atoms with Crippen molar-refractivity contribution in [3.63, 3.8) is 0 Å². The van der Waals surface area contributed by atoms with Gasteiger partial charge in [0.15, 0.2) is 0 Å². The molecule has 2 N–H and O–H groups in total. The van der Waals surface area contributed by atoms with Crippen LogP contribution < -0.4 is 10.0 Å². The lowest BCUT2D eigenvalue weighted by Crippen LogP contribution is -2.34. The molecule has 92 valence electrons. The SMILES string of the molecule is CCOC(C)CNS(=O)(=O)CCCNC. The Morgan fingerprint density at radius 1 is 1.40 bits per heavy atom. The van der Waals surface area contributed by atoms with E-state index in [1.807, 2.05) is 13.8 Å². The summed E-state index contributed by atoms with van der Waals surface area (Å²) < 4.78 is 30.6. The van der Waals surface area contributed by atoms with Crippen LogP contribution in [0.25, 0.3) is 0 Å². The highest BCUT2D eigenvalue weighted by Gasteiger charge is 2.11. The van der Waals surface area contributed by atoms with Gasteiger partial charge in [-0.15, -0.1) is 0 Å². The van der Waals surface area contributed by atoms with Crippen molar-refractivity contribution < 1.29 is 13.2 Å². The molecule has 0 aromatic heterocycles. The van der Waals surface area contributed by atoms with Crippen molar-refractivity contribution in [1.82, 2.24) is 10.0 Å². The van der Waals surface area contributed by atoms with E-state index in [0.717, 1.165) is 0 Å². The molecule has 0 radical (unpaired) electrons. The minimum Gasteiger partial charge on any atom is -0.377 e. The van der Waals surface area contributed by atoms with Gasteiger partial charge in [-0.3, -0.25) is 0 Å². The Bertz CT molecular complexity index is 242. The van der Waals surface area contributed by atoms with Gasteiger partial charge < -0.3 is 10.1 Å². The Kier molecular flexibility index (Phi) is 7.95. The first kappa shape index (κ1) is 14.8. The van der Waals surface area contributed by atoms with Crippen LogP contribution in [-0.4, -0.2) is 47.0 Å². The fourth-order valence-corrected chi connectivity index (χ4v) is 2.26. The number of hydrogen-bond donors (Lipinski definition) is 2. The number of sulfonamides is 1. The van der Waals surface area contributed by atoms with Gasteiger partial charge in [0, 0.05) is 13.2 Å². The molecule has 0 aliphatic carbocycles. The highest BCUT2D eigenvalue weighted by Crippen LogP contribution is 1.92. The Morgan fingerprint density at radius 3 is 2.60 bits per heavy atom. The fraction of sp³-hybridized carbons (Fsp3) is 1.00. The average Bonchev–Trinajstić information content (AvgIpc) is 2.16. The minimum atomic E-state index is -3.14. The molecule has 0 saturated heterocycles. The van der Waals surface area contributed by atoms with Gasteiger partial charge in [0.05, 0.1) is 11.9 Å². The quantitative estimate of drug-likeness (QED) is 0.552. The molecule has 1 unspecified atom stereocenters. The van der Waals surface area contributed by atoms with Gasteiger partial charge in [0.25, 0.3) is 0 Å². The summed E-state index contributed by atoms with van der Waals surface area (Å²) in [5, 5.41) is 2.91. The van der Waals surface area contributed by atoms with E-state index >= 15 is 0 Å². The Balaban J connectivity index is 3.73. The largest absolute Gasteiger partial charge is 0.377 e. The maximum absolute atomic E-state index is 11.4. The second-order valence-corrected chi connectivity index (χ2v) is 5.32. The zero-order valence-corrected chi connectivity index (χ0v) is 10.6. The fourth-order valence-electron chi connectivity index (χ4n) is 1.10. The summed E-state index contributed by atoms with van der Waals surface area (Å²) in [6, 6.07) is 0. The topological polar surface area (TPSA) is 67.4 Å². The van der Waals surface area contributed by atoms with Crippen molar-refractivity contribution in [2.75, 3.05) is 32.5 Å². The summed E-state index contributed by atoms with van der Waals surface area (Å²) >= 11 is 0. The average molecular weight is 238 g/mol. The summed E-state index contributed by atoms with van der Waals surface area (Å²) in [5.74, 6) is 0.159. The smallest absolute Gasteiger partial charge is 0.211 e. The Morgan fingerprint density at radius 2 is 2.07 bits per heavy atom. The van der Waals surface area contributed by atoms with Gasteiger partial charge in [0.2, 0.25) is 10.0 Å². The van der Waals surface area contributed by atoms with Crippen molar-refractivity contribution in [2.45, 2.75) is 26.4 Å². The van der Waals surface area contributed by atoms with Crippen LogP contribution in [-0.2, 0) is 14.8 Å². The van der Waals surface area contributed by atoms with Crippen LogP contribution in [0.5, 0.6) is 0 Å². The third kappa shape index (κ3) is 8.80. The Labute approximate surface area is 92.6 Å². The molecule has 0 heterocycles. The molecule has 0 fully saturated rings. The van der Waals surface area contributed by atoms with Crippen molar-refractivity contribution in [2.24, 2.45) is 0 Å². The van der Waals surface area contributed by atoms with E-state index < -0.39 is 10.0 Å². The molecule has 5 nitrogen and oxygen atoms in total. The summed E-state index contributed by atoms with van der Waals surface area (Å²) in [7, 11) is -1.33. The lowest BCUT2D eigenvalue weighted by atomic mass is 10.4. The van der Waals surface area contributed by atoms with Gasteiger partial charge in [-0.05, 0) is 33.9 Å². The summed E-state index contributed by atoms with van der Waals surface area (Å²) in [4.78, 5) is 0. The predicted octanol–water partition coefficient (Wildman–Crippen LogP) is -0.0597. The monoisotopic (exact) mass is 238 g/mol. The zero-order valence-electron chi connectivity index (χ0n) is 9.75. The summed E-state index contributed by atoms with van der Waals surface area (Å²) in [6.07, 6.45) is 0.545. The first-order chi connectivity index (χ1) is 7.02. The maximum atomic E-state index is 11.4. The third-order valence-corrected chi connectivity index (χ3v) is 3.31. The molecular formula is C9H22N2O3S. The van der Waals surface area contributed by atoms with E-state index in [-0.39, 0.29) is 11.9 Å². The molecule has 0 saturated carbocycles. The number of hydrogen-bond acceptors (Lipinski definition) is 4. The maximum Gasteiger partial charge on any atom is 0.211 e. The normalized spacial score (nSPS) is 14.1. The van der Waals surface area contributed by atoms with Crippen LogP contribution >= 0.6 is 0 Å². The predicted molar refractivity (Wildman–Crippen MR) is 61.4 cm³/mol. The second kappa shape index (κ2) is 8.04. The number of rotatable bonds is 9. The molecule has 0 bridgehead atoms. The van der Waals surface area contributed by atoms with E-state index in [9.17, 15) is 8.42 Å². The van der Waals surface area contributed by atoms with Gasteiger partial charge in [0.1, 0.15) is 0 Å². The van der Waals surface area contributed by atoms with Crippen LogP contribution in [0.4, 0.5) is 0 Å². The number of ether oxygens (including phenoxy) is 1. The standard InChI is InChI=1S/C9H22N2O3S/c1-4-14-9(2)8-11-15(12,13)7-5-6-10-3/h9-11H,4-8H2,1-3H3. The van der Waals surface area contributed by atoms with E-state index in [2.05, 4.69) is 10.0 Å². The molecular weight excluding hydrogens is 216 g/mol. The van der Waals surface area contributed by atoms with Gasteiger partial charge in [-0.2, -0.15) is 0 Å². The first-order valence-electron chi connectivity index (χ1n) is 5.25. The van der Waals surface area contributed by atoms with Crippen molar-refractivity contribution in [1.29, 1.82) is 0 Å². The number of nitrogens with one attached hydrogen (secondary N) is 2. The minimum absolute atomic E-state index is 0.0749. The van der Waals surface area contributed by atoms with Crippen molar-refractivity contribution in [3.8, 4) is 0 Å². The van der Waals surface area contributed by atoms with Crippen molar-refractivity contribution >= 4 is 10.0 Å². The van der Waals surface area contributed by atoms with E-state index in [0.29, 0.717) is 26.1 Å². The summed E-state index contributed by atoms with van der Waals surface area (Å²) in [6.45, 7) is 5.39. The molecule has 0 aliphatic rings. The van der Waals surface area contributed by atoms with Gasteiger partial charge >= 0.3 is 0 Å². The molecule has 15 heavy (non-hydrogen) atoms. The Hall–Kier alpha value is -0.170. The second-order valence-electron chi connectivity index (χ2n) is 3.39. The molecule has 0 rings (SSSR count). The van der Waals surface area contributed by atoms with E-state index in [4.69, 9.17) is 4.74 Å². The van der Waals surface area contributed by atoms with Crippen LogP contribution in [0.2, 0.25) is 0 Å². The molecule has 0 aliphatic heterocycles. The highest BCUT2D eigenvalue weighted by molar-refractivity contribution is 7.89. The first-order valence-corrected chi connectivity index (χ1v) is 6.90. The molecule has 0 amide bonds. The molecule has 1 atom stereocenters. The van der Waals surface area contributed by atoms with Crippen LogP contribution in [0.15, 0.2) is 0 Å². The van der Waals surface area contributed by atoms with Gasteiger partial charge in [-0.1, -0.05) is 0 Å². The molecule has 0 spiro atoms. The zero-order chi connectivity index (χ0) is 11.7. The molecule has 6 heteroatoms. The van der Waals surface area contributed by atoms with Crippen LogP contribution in [0, 0.1) is 0 Å². The lowest BCUT2D eigenvalue weighted by molar-refractivity contribution is 0.0799. The van der Waals surface area contributed by atoms with Crippen molar-refractivity contribution in [3.05, 3.63) is 0 Å². The summed E-state index contributed by atoms with van der Waals surface area (Å²) in [5.41, 5.74) is 0. The van der Waals surface area contributed by atoms with Crippen LogP contribution in [0.3, 0.4) is 0 Å². The molecule has 0 aromatic carbocycles.